The van der Waals surface area contributed by atoms with Gasteiger partial charge in [0.1, 0.15) is 15.9 Å². The highest BCUT2D eigenvalue weighted by Gasteiger charge is 2.30. The fourth-order valence-corrected chi connectivity index (χ4v) is 5.90. The molecule has 0 atom stereocenters. The van der Waals surface area contributed by atoms with Crippen molar-refractivity contribution in [2.75, 3.05) is 26.2 Å². The first-order chi connectivity index (χ1) is 15.0. The number of aromatic nitrogens is 6. The number of hydrogen-bond donors (Lipinski definition) is 1. The second-order valence-corrected chi connectivity index (χ2v) is 9.87. The van der Waals surface area contributed by atoms with Crippen molar-refractivity contribution in [1.82, 2.24) is 37.7 Å². The normalized spacial score (nSPS) is 16.1. The van der Waals surface area contributed by atoms with Gasteiger partial charge in [-0.3, -0.25) is 15.0 Å². The van der Waals surface area contributed by atoms with Crippen LogP contribution in [0.4, 0.5) is 0 Å². The van der Waals surface area contributed by atoms with Crippen LogP contribution in [0, 0.1) is 4.77 Å². The van der Waals surface area contributed by atoms with Crippen molar-refractivity contribution in [3.05, 3.63) is 47.5 Å². The van der Waals surface area contributed by atoms with Crippen LogP contribution >= 0.6 is 23.9 Å². The van der Waals surface area contributed by atoms with Gasteiger partial charge in [-0.15, -0.1) is 0 Å². The smallest absolute Gasteiger partial charge is 0.245 e. The molecule has 0 spiro atoms. The summed E-state index contributed by atoms with van der Waals surface area (Å²) in [6.45, 7) is 2.44. The van der Waals surface area contributed by atoms with Gasteiger partial charge in [0.2, 0.25) is 14.8 Å². The van der Waals surface area contributed by atoms with Crippen LogP contribution in [-0.2, 0) is 16.7 Å². The molecule has 4 heterocycles. The Morgan fingerprint density at radius 1 is 1.06 bits per heavy atom. The Hall–Kier alpha value is -2.58. The van der Waals surface area contributed by atoms with Crippen molar-refractivity contribution in [2.45, 2.75) is 11.6 Å². The third-order valence-corrected chi connectivity index (χ3v) is 7.96. The maximum absolute atomic E-state index is 13.2. The van der Waals surface area contributed by atoms with Crippen molar-refractivity contribution in [2.24, 2.45) is 0 Å². The second kappa shape index (κ2) is 8.16. The molecule has 1 aromatic carbocycles. The van der Waals surface area contributed by atoms with Gasteiger partial charge in [-0.05, 0) is 36.5 Å². The number of fused-ring (bicyclic) bond motifs is 1. The summed E-state index contributed by atoms with van der Waals surface area (Å²) in [4.78, 5) is 10.8. The molecule has 0 aliphatic carbocycles. The van der Waals surface area contributed by atoms with Crippen LogP contribution < -0.4 is 0 Å². The van der Waals surface area contributed by atoms with Gasteiger partial charge in [-0.25, -0.2) is 13.1 Å². The predicted molar refractivity (Wildman–Crippen MR) is 118 cm³/mol. The highest BCUT2D eigenvalue weighted by atomic mass is 32.2. The lowest BCUT2D eigenvalue weighted by molar-refractivity contribution is 0.145. The van der Waals surface area contributed by atoms with Crippen LogP contribution in [0.1, 0.15) is 0 Å². The molecule has 1 N–H and O–H groups in total. The molecule has 160 valence electrons. The highest BCUT2D eigenvalue weighted by Crippen LogP contribution is 2.25. The zero-order valence-electron chi connectivity index (χ0n) is 16.2. The Bertz CT molecular complexity index is 1370. The lowest BCUT2D eigenvalue weighted by Crippen LogP contribution is -2.49. The third kappa shape index (κ3) is 3.90. The third-order valence-electron chi connectivity index (χ3n) is 5.17. The zero-order valence-corrected chi connectivity index (χ0v) is 18.7. The Kier molecular flexibility index (Phi) is 5.35. The largest absolute Gasteiger partial charge is 0.282 e. The van der Waals surface area contributed by atoms with Gasteiger partial charge < -0.3 is 0 Å². The maximum atomic E-state index is 13.2. The molecule has 0 amide bonds. The second-order valence-electron chi connectivity index (χ2n) is 7.07. The van der Waals surface area contributed by atoms with E-state index in [9.17, 15) is 8.42 Å². The summed E-state index contributed by atoms with van der Waals surface area (Å²) in [6, 6.07) is 8.78. The fraction of sp³-hybridized carbons (Fsp3) is 0.278. The van der Waals surface area contributed by atoms with E-state index < -0.39 is 10.0 Å². The summed E-state index contributed by atoms with van der Waals surface area (Å²) in [5.74, 6) is 0.679. The molecule has 0 radical (unpaired) electrons. The molecule has 3 aromatic heterocycles. The quantitative estimate of drug-likeness (QED) is 0.437. The fourth-order valence-electron chi connectivity index (χ4n) is 3.53. The zero-order chi connectivity index (χ0) is 21.4. The van der Waals surface area contributed by atoms with Gasteiger partial charge >= 0.3 is 0 Å². The first-order valence-electron chi connectivity index (χ1n) is 9.53. The number of rotatable bonds is 5. The van der Waals surface area contributed by atoms with Gasteiger partial charge in [0.25, 0.3) is 0 Å². The van der Waals surface area contributed by atoms with Gasteiger partial charge in [0.05, 0.1) is 18.4 Å². The van der Waals surface area contributed by atoms with Crippen molar-refractivity contribution in [3.8, 4) is 11.4 Å². The van der Waals surface area contributed by atoms with Crippen molar-refractivity contribution in [3.63, 3.8) is 0 Å². The van der Waals surface area contributed by atoms with Gasteiger partial charge in [-0.1, -0.05) is 6.07 Å². The van der Waals surface area contributed by atoms with Crippen LogP contribution in [0.5, 0.6) is 0 Å². The Labute approximate surface area is 187 Å². The van der Waals surface area contributed by atoms with Crippen molar-refractivity contribution in [1.29, 1.82) is 0 Å². The molecule has 1 aliphatic rings. The number of nitrogens with one attached hydrogen (secondary N) is 1. The van der Waals surface area contributed by atoms with E-state index >= 15 is 0 Å². The molecule has 1 fully saturated rings. The first kappa shape index (κ1) is 20.3. The van der Waals surface area contributed by atoms with Crippen LogP contribution in [0.15, 0.2) is 47.6 Å². The molecule has 0 bridgehead atoms. The number of pyridine rings is 1. The van der Waals surface area contributed by atoms with E-state index in [1.165, 1.54) is 4.31 Å². The van der Waals surface area contributed by atoms with Crippen molar-refractivity contribution < 1.29 is 8.42 Å². The summed E-state index contributed by atoms with van der Waals surface area (Å²) in [5.41, 5.74) is 1.94. The standard InChI is InChI=1S/C18H18N8O2S3/c27-31(28,15-3-1-2-14-16(15)23-30-22-14)25-10-8-24(9-11-25)12-26-18(29)20-17(21-26)13-4-6-19-7-5-13/h1-7H,8-12H2,(H,20,21,29). The number of hydrogen-bond acceptors (Lipinski definition) is 9. The summed E-state index contributed by atoms with van der Waals surface area (Å²) >= 11 is 6.40. The Balaban J connectivity index is 1.28. The van der Waals surface area contributed by atoms with E-state index in [1.54, 1.807) is 35.3 Å². The molecular formula is C18H18N8O2S3. The van der Waals surface area contributed by atoms with Crippen LogP contribution in [0.25, 0.3) is 22.4 Å². The van der Waals surface area contributed by atoms with E-state index in [0.717, 1.165) is 17.3 Å². The highest BCUT2D eigenvalue weighted by molar-refractivity contribution is 7.89. The van der Waals surface area contributed by atoms with Crippen molar-refractivity contribution >= 4 is 45.0 Å². The predicted octanol–water partition coefficient (Wildman–Crippen LogP) is 1.97. The molecule has 0 saturated carbocycles. The molecule has 31 heavy (non-hydrogen) atoms. The molecule has 0 unspecified atom stereocenters. The van der Waals surface area contributed by atoms with Crippen LogP contribution in [0.2, 0.25) is 0 Å². The number of nitrogens with zero attached hydrogens (tertiary/aromatic N) is 7. The number of H-pyrrole nitrogens is 1. The van der Waals surface area contributed by atoms with E-state index in [4.69, 9.17) is 12.2 Å². The Morgan fingerprint density at radius 2 is 1.84 bits per heavy atom. The lowest BCUT2D eigenvalue weighted by atomic mass is 10.3. The minimum atomic E-state index is -3.64. The number of aromatic amines is 1. The summed E-state index contributed by atoms with van der Waals surface area (Å²) in [7, 11) is -3.64. The number of sulfonamides is 1. The molecule has 10 nitrogen and oxygen atoms in total. The summed E-state index contributed by atoms with van der Waals surface area (Å²) < 4.78 is 38.4. The SMILES string of the molecule is O=S(=O)(c1cccc2nsnc12)N1CCN(Cn2[nH]c(-c3ccncc3)nc2=S)CC1. The minimum Gasteiger partial charge on any atom is -0.282 e. The maximum Gasteiger partial charge on any atom is 0.245 e. The van der Waals surface area contributed by atoms with Crippen LogP contribution in [-0.4, -0.2) is 72.3 Å². The van der Waals surface area contributed by atoms with Gasteiger partial charge in [0.15, 0.2) is 5.82 Å². The average molecular weight is 475 g/mol. The number of piperazine rings is 1. The van der Waals surface area contributed by atoms with E-state index in [1.807, 2.05) is 12.1 Å². The molecular weight excluding hydrogens is 456 g/mol. The van der Waals surface area contributed by atoms with Gasteiger partial charge in [0, 0.05) is 44.1 Å². The lowest BCUT2D eigenvalue weighted by Gasteiger charge is -2.33. The average Bonchev–Trinajstić information content (AvgIpc) is 3.41. The molecule has 13 heteroatoms. The van der Waals surface area contributed by atoms with E-state index in [2.05, 4.69) is 28.7 Å². The van der Waals surface area contributed by atoms with Gasteiger partial charge in [-0.2, -0.15) is 18.0 Å². The summed E-state index contributed by atoms with van der Waals surface area (Å²) in [6.07, 6.45) is 3.40. The monoisotopic (exact) mass is 474 g/mol. The molecule has 1 aliphatic heterocycles. The topological polar surface area (TPSA) is 113 Å². The summed E-state index contributed by atoms with van der Waals surface area (Å²) in [5, 5.41) is 3.22. The van der Waals surface area contributed by atoms with E-state index in [-0.39, 0.29) is 4.90 Å². The molecule has 5 rings (SSSR count). The van der Waals surface area contributed by atoms with E-state index in [0.29, 0.717) is 54.5 Å². The molecule has 4 aromatic rings. The minimum absolute atomic E-state index is 0.213. The molecule has 1 saturated heterocycles. The number of benzene rings is 1. The first-order valence-corrected chi connectivity index (χ1v) is 12.1. The Morgan fingerprint density at radius 3 is 2.61 bits per heavy atom. The van der Waals surface area contributed by atoms with Crippen LogP contribution in [0.3, 0.4) is 0 Å².